The summed E-state index contributed by atoms with van der Waals surface area (Å²) in [4.78, 5) is 33.3. The molecule has 2 aromatic rings. The maximum Gasteiger partial charge on any atom is 0.362 e. The smallest absolute Gasteiger partial charge is 0.362 e. The van der Waals surface area contributed by atoms with E-state index in [1.54, 1.807) is 13.1 Å². The number of nitrogens with zero attached hydrogens (tertiary/aromatic N) is 2. The van der Waals surface area contributed by atoms with Crippen LogP contribution in [-0.4, -0.2) is 28.5 Å². The van der Waals surface area contributed by atoms with E-state index in [2.05, 4.69) is 15.3 Å². The van der Waals surface area contributed by atoms with Crippen molar-refractivity contribution in [3.8, 4) is 0 Å². The van der Waals surface area contributed by atoms with Crippen molar-refractivity contribution in [3.63, 3.8) is 0 Å². The highest BCUT2D eigenvalue weighted by molar-refractivity contribution is 6.00. The number of aromatic nitrogens is 2. The lowest BCUT2D eigenvalue weighted by atomic mass is 9.86. The summed E-state index contributed by atoms with van der Waals surface area (Å²) in [5, 5.41) is 2.71. The van der Waals surface area contributed by atoms with Crippen LogP contribution in [0.4, 0.5) is 5.88 Å². The Labute approximate surface area is 145 Å². The molecule has 3 rings (SSSR count). The second-order valence-electron chi connectivity index (χ2n) is 5.84. The van der Waals surface area contributed by atoms with E-state index in [4.69, 9.17) is 9.15 Å². The molecule has 0 unspecified atom stereocenters. The summed E-state index contributed by atoms with van der Waals surface area (Å²) in [6.45, 7) is 3.79. The van der Waals surface area contributed by atoms with Crippen molar-refractivity contribution in [2.45, 2.75) is 45.4 Å². The number of fused-ring (bicyclic) bond motifs is 1. The fourth-order valence-electron chi connectivity index (χ4n) is 3.00. The van der Waals surface area contributed by atoms with Crippen molar-refractivity contribution in [1.82, 2.24) is 9.97 Å². The van der Waals surface area contributed by atoms with Gasteiger partial charge in [0.15, 0.2) is 5.89 Å². The van der Waals surface area contributed by atoms with E-state index < -0.39 is 5.97 Å². The second-order valence-corrected chi connectivity index (χ2v) is 5.84. The van der Waals surface area contributed by atoms with Gasteiger partial charge in [-0.25, -0.2) is 9.78 Å². The van der Waals surface area contributed by atoms with Crippen LogP contribution in [-0.2, 0) is 22.4 Å². The molecule has 0 spiro atoms. The van der Waals surface area contributed by atoms with E-state index in [0.29, 0.717) is 18.7 Å². The van der Waals surface area contributed by atoms with Gasteiger partial charge in [0.25, 0.3) is 0 Å². The molecule has 1 aliphatic carbocycles. The Morgan fingerprint density at radius 2 is 2.24 bits per heavy atom. The van der Waals surface area contributed by atoms with Crippen LogP contribution < -0.4 is 5.32 Å². The zero-order chi connectivity index (χ0) is 17.8. The number of carbonyl (C=O) groups excluding carboxylic acids is 2. The molecule has 0 saturated heterocycles. The highest BCUT2D eigenvalue weighted by Crippen LogP contribution is 2.31. The summed E-state index contributed by atoms with van der Waals surface area (Å²) in [6, 6.07) is 3.87. The van der Waals surface area contributed by atoms with Gasteiger partial charge in [-0.2, -0.15) is 0 Å². The number of hydrogen-bond acceptors (Lipinski definition) is 6. The summed E-state index contributed by atoms with van der Waals surface area (Å²) in [5.41, 5.74) is 1.88. The van der Waals surface area contributed by atoms with Crippen LogP contribution in [0.2, 0.25) is 0 Å². The first kappa shape index (κ1) is 17.1. The van der Waals surface area contributed by atoms with Gasteiger partial charge in [-0.05, 0) is 37.8 Å². The van der Waals surface area contributed by atoms with Crippen LogP contribution in [0.25, 0.3) is 0 Å². The van der Waals surface area contributed by atoms with Gasteiger partial charge >= 0.3 is 5.97 Å². The first-order valence-corrected chi connectivity index (χ1v) is 8.55. The third kappa shape index (κ3) is 3.55. The Hall–Kier alpha value is -2.70. The van der Waals surface area contributed by atoms with Gasteiger partial charge in [-0.15, -0.1) is 0 Å². The molecule has 2 aromatic heterocycles. The number of anilines is 1. The number of esters is 1. The van der Waals surface area contributed by atoms with Gasteiger partial charge in [0.1, 0.15) is 0 Å². The maximum atomic E-state index is 12.8. The third-order valence-corrected chi connectivity index (χ3v) is 4.19. The fraction of sp³-hybridized carbons (Fsp3) is 0.444. The summed E-state index contributed by atoms with van der Waals surface area (Å²) in [6.07, 6.45) is 4.75. The van der Waals surface area contributed by atoms with E-state index in [9.17, 15) is 9.59 Å². The average molecular weight is 343 g/mol. The summed E-state index contributed by atoms with van der Waals surface area (Å²) in [7, 11) is 0. The standard InChI is InChI=1S/C18H21N3O4/c1-3-13-20-15(18(23)24-4-2)17(25-13)21-16(22)12-9-5-7-11-8-6-10-19-14(11)12/h6,8,10,12H,3-5,7,9H2,1-2H3,(H,21,22)/t12-/m1/s1. The van der Waals surface area contributed by atoms with E-state index in [1.165, 1.54) is 0 Å². The van der Waals surface area contributed by atoms with Crippen molar-refractivity contribution in [2.24, 2.45) is 0 Å². The minimum atomic E-state index is -0.608. The molecule has 7 nitrogen and oxygen atoms in total. The molecule has 0 aliphatic heterocycles. The lowest BCUT2D eigenvalue weighted by Crippen LogP contribution is -2.26. The Balaban J connectivity index is 1.84. The fourth-order valence-corrected chi connectivity index (χ4v) is 3.00. The van der Waals surface area contributed by atoms with Gasteiger partial charge in [0.05, 0.1) is 18.2 Å². The zero-order valence-corrected chi connectivity index (χ0v) is 14.4. The first-order chi connectivity index (χ1) is 12.1. The quantitative estimate of drug-likeness (QED) is 0.839. The number of hydrogen-bond donors (Lipinski definition) is 1. The molecular formula is C18H21N3O4. The van der Waals surface area contributed by atoms with Crippen LogP contribution in [0.3, 0.4) is 0 Å². The number of aryl methyl sites for hydroxylation is 2. The number of pyridine rings is 1. The summed E-state index contributed by atoms with van der Waals surface area (Å²) in [5.74, 6) is -0.800. The normalized spacial score (nSPS) is 16.2. The van der Waals surface area contributed by atoms with Gasteiger partial charge in [0, 0.05) is 12.6 Å². The highest BCUT2D eigenvalue weighted by Gasteiger charge is 2.30. The van der Waals surface area contributed by atoms with Gasteiger partial charge in [0.2, 0.25) is 17.5 Å². The lowest BCUT2D eigenvalue weighted by Gasteiger charge is -2.22. The number of oxazole rings is 1. The van der Waals surface area contributed by atoms with Crippen LogP contribution in [0.15, 0.2) is 22.7 Å². The van der Waals surface area contributed by atoms with Gasteiger partial charge in [-0.3, -0.25) is 15.1 Å². The minimum Gasteiger partial charge on any atom is -0.461 e. The van der Waals surface area contributed by atoms with Gasteiger partial charge < -0.3 is 9.15 Å². The largest absolute Gasteiger partial charge is 0.461 e. The Morgan fingerprint density at radius 3 is 3.00 bits per heavy atom. The minimum absolute atomic E-state index is 0.00380. The molecule has 7 heteroatoms. The molecule has 0 aromatic carbocycles. The van der Waals surface area contributed by atoms with E-state index >= 15 is 0 Å². The highest BCUT2D eigenvalue weighted by atomic mass is 16.5. The molecule has 0 radical (unpaired) electrons. The molecule has 1 atom stereocenters. The van der Waals surface area contributed by atoms with Crippen molar-refractivity contribution < 1.29 is 18.7 Å². The molecule has 0 bridgehead atoms. The number of rotatable bonds is 5. The number of amides is 1. The monoisotopic (exact) mass is 343 g/mol. The predicted molar refractivity (Wildman–Crippen MR) is 90.4 cm³/mol. The second kappa shape index (κ2) is 7.46. The van der Waals surface area contributed by atoms with Crippen LogP contribution >= 0.6 is 0 Å². The molecular weight excluding hydrogens is 322 g/mol. The Morgan fingerprint density at radius 1 is 1.40 bits per heavy atom. The van der Waals surface area contributed by atoms with Crippen molar-refractivity contribution in [3.05, 3.63) is 41.2 Å². The van der Waals surface area contributed by atoms with Crippen LogP contribution in [0.5, 0.6) is 0 Å². The molecule has 1 aliphatic rings. The molecule has 25 heavy (non-hydrogen) atoms. The lowest BCUT2D eigenvalue weighted by molar-refractivity contribution is -0.118. The third-order valence-electron chi connectivity index (χ3n) is 4.19. The Kier molecular flexibility index (Phi) is 5.11. The van der Waals surface area contributed by atoms with Crippen molar-refractivity contribution in [1.29, 1.82) is 0 Å². The molecule has 1 amide bonds. The zero-order valence-electron chi connectivity index (χ0n) is 14.4. The molecule has 1 N–H and O–H groups in total. The average Bonchev–Trinajstić information content (AvgIpc) is 3.04. The van der Waals surface area contributed by atoms with Crippen molar-refractivity contribution >= 4 is 17.8 Å². The Bertz CT molecular complexity index is 784. The van der Waals surface area contributed by atoms with Crippen LogP contribution in [0, 0.1) is 0 Å². The molecule has 132 valence electrons. The van der Waals surface area contributed by atoms with Gasteiger partial charge in [-0.1, -0.05) is 13.0 Å². The summed E-state index contributed by atoms with van der Waals surface area (Å²) >= 11 is 0. The summed E-state index contributed by atoms with van der Waals surface area (Å²) < 4.78 is 10.5. The maximum absolute atomic E-state index is 12.8. The van der Waals surface area contributed by atoms with Crippen molar-refractivity contribution in [2.75, 3.05) is 11.9 Å². The molecule has 2 heterocycles. The van der Waals surface area contributed by atoms with E-state index in [1.807, 2.05) is 19.1 Å². The number of ether oxygens (including phenoxy) is 1. The van der Waals surface area contributed by atoms with E-state index in [-0.39, 0.29) is 30.0 Å². The topological polar surface area (TPSA) is 94.3 Å². The van der Waals surface area contributed by atoms with Crippen LogP contribution in [0.1, 0.15) is 60.2 Å². The number of carbonyl (C=O) groups is 2. The molecule has 0 fully saturated rings. The SMILES string of the molecule is CCOC(=O)c1nc(CC)oc1NC(=O)[C@@H]1CCCc2cccnc21. The number of nitrogens with one attached hydrogen (secondary N) is 1. The van der Waals surface area contributed by atoms with E-state index in [0.717, 1.165) is 24.1 Å². The molecule has 0 saturated carbocycles. The first-order valence-electron chi connectivity index (χ1n) is 8.55. The predicted octanol–water partition coefficient (Wildman–Crippen LogP) is 2.87.